The standard InChI is InChI=1S/C20H23N5O2/c1-13-18(14-6-8-23-9-7-14)24-20(25-19(13)21)15-4-3-5-17(10-15)27-12-16(26)11-22-2/h3-10,16,22,26H,11-12H2,1-2H3,(H2,21,24,25). The molecule has 0 amide bonds. The third-order valence-electron chi connectivity index (χ3n) is 4.11. The lowest BCUT2D eigenvalue weighted by Crippen LogP contribution is -2.29. The highest BCUT2D eigenvalue weighted by Gasteiger charge is 2.13. The third-order valence-corrected chi connectivity index (χ3v) is 4.11. The topological polar surface area (TPSA) is 106 Å². The lowest BCUT2D eigenvalue weighted by molar-refractivity contribution is 0.108. The predicted octanol–water partition coefficient (Wildman–Crippen LogP) is 2.06. The van der Waals surface area contributed by atoms with E-state index in [1.54, 1.807) is 19.4 Å². The zero-order valence-electron chi connectivity index (χ0n) is 15.4. The van der Waals surface area contributed by atoms with Crippen molar-refractivity contribution in [2.75, 3.05) is 25.9 Å². The Balaban J connectivity index is 1.90. The van der Waals surface area contributed by atoms with Gasteiger partial charge in [0.2, 0.25) is 0 Å². The summed E-state index contributed by atoms with van der Waals surface area (Å²) >= 11 is 0. The summed E-state index contributed by atoms with van der Waals surface area (Å²) in [6, 6.07) is 11.2. The number of likely N-dealkylation sites (N-methyl/N-ethyl adjacent to an activating group) is 1. The number of benzene rings is 1. The van der Waals surface area contributed by atoms with Gasteiger partial charge in [-0.15, -0.1) is 0 Å². The van der Waals surface area contributed by atoms with Crippen molar-refractivity contribution in [1.82, 2.24) is 20.3 Å². The van der Waals surface area contributed by atoms with Crippen LogP contribution in [0.15, 0.2) is 48.8 Å². The number of aliphatic hydroxyl groups is 1. The molecule has 0 saturated carbocycles. The van der Waals surface area contributed by atoms with Crippen LogP contribution in [0.25, 0.3) is 22.6 Å². The molecule has 1 atom stereocenters. The summed E-state index contributed by atoms with van der Waals surface area (Å²) in [7, 11) is 1.78. The molecule has 3 rings (SSSR count). The third kappa shape index (κ3) is 4.58. The number of nitrogen functional groups attached to an aromatic ring is 1. The second kappa shape index (κ2) is 8.57. The molecule has 140 valence electrons. The summed E-state index contributed by atoms with van der Waals surface area (Å²) in [6.07, 6.45) is 2.86. The van der Waals surface area contributed by atoms with Gasteiger partial charge in [-0.2, -0.15) is 0 Å². The molecule has 1 aromatic carbocycles. The van der Waals surface area contributed by atoms with Crippen LogP contribution in [-0.2, 0) is 0 Å². The van der Waals surface area contributed by atoms with Crippen LogP contribution in [0.2, 0.25) is 0 Å². The zero-order valence-corrected chi connectivity index (χ0v) is 15.4. The smallest absolute Gasteiger partial charge is 0.162 e. The quantitative estimate of drug-likeness (QED) is 0.588. The highest BCUT2D eigenvalue weighted by atomic mass is 16.5. The van der Waals surface area contributed by atoms with Crippen molar-refractivity contribution in [3.63, 3.8) is 0 Å². The van der Waals surface area contributed by atoms with Crippen molar-refractivity contribution in [1.29, 1.82) is 0 Å². The van der Waals surface area contributed by atoms with E-state index in [4.69, 9.17) is 15.5 Å². The molecule has 1 unspecified atom stereocenters. The Bertz CT molecular complexity index is 902. The maximum Gasteiger partial charge on any atom is 0.162 e. The van der Waals surface area contributed by atoms with E-state index in [1.807, 2.05) is 43.3 Å². The van der Waals surface area contributed by atoms with Gasteiger partial charge in [-0.25, -0.2) is 9.97 Å². The second-order valence-corrected chi connectivity index (χ2v) is 6.19. The summed E-state index contributed by atoms with van der Waals surface area (Å²) in [5.41, 5.74) is 9.45. The molecule has 3 aromatic rings. The number of nitrogens with one attached hydrogen (secondary N) is 1. The Morgan fingerprint density at radius 1 is 1.15 bits per heavy atom. The van der Waals surface area contributed by atoms with Gasteiger partial charge in [0.15, 0.2) is 5.82 Å². The largest absolute Gasteiger partial charge is 0.491 e. The second-order valence-electron chi connectivity index (χ2n) is 6.19. The first-order valence-electron chi connectivity index (χ1n) is 8.69. The van der Waals surface area contributed by atoms with Crippen molar-refractivity contribution >= 4 is 5.82 Å². The normalized spacial score (nSPS) is 12.0. The molecule has 7 heteroatoms. The Kier molecular flexibility index (Phi) is 5.95. The molecule has 0 aliphatic carbocycles. The van der Waals surface area contributed by atoms with Gasteiger partial charge < -0.3 is 20.9 Å². The van der Waals surface area contributed by atoms with Gasteiger partial charge >= 0.3 is 0 Å². The van der Waals surface area contributed by atoms with Gasteiger partial charge in [-0.3, -0.25) is 4.98 Å². The van der Waals surface area contributed by atoms with Crippen LogP contribution in [0.4, 0.5) is 5.82 Å². The summed E-state index contributed by atoms with van der Waals surface area (Å²) in [5, 5.41) is 12.7. The Morgan fingerprint density at radius 3 is 2.67 bits per heavy atom. The van der Waals surface area contributed by atoms with E-state index in [1.165, 1.54) is 0 Å². The van der Waals surface area contributed by atoms with Gasteiger partial charge in [0, 0.05) is 35.6 Å². The molecule has 0 saturated heterocycles. The maximum absolute atomic E-state index is 9.79. The van der Waals surface area contributed by atoms with Gasteiger partial charge in [0.1, 0.15) is 24.3 Å². The number of ether oxygens (including phenoxy) is 1. The fraction of sp³-hybridized carbons (Fsp3) is 0.250. The molecular weight excluding hydrogens is 342 g/mol. The molecule has 0 aliphatic rings. The van der Waals surface area contributed by atoms with Crippen LogP contribution < -0.4 is 15.8 Å². The van der Waals surface area contributed by atoms with Crippen LogP contribution in [0.5, 0.6) is 5.75 Å². The molecule has 0 aliphatic heterocycles. The fourth-order valence-electron chi connectivity index (χ4n) is 2.67. The summed E-state index contributed by atoms with van der Waals surface area (Å²) in [4.78, 5) is 13.2. The van der Waals surface area contributed by atoms with Crippen LogP contribution in [0.1, 0.15) is 5.56 Å². The van der Waals surface area contributed by atoms with Crippen molar-refractivity contribution < 1.29 is 9.84 Å². The van der Waals surface area contributed by atoms with Crippen LogP contribution in [0, 0.1) is 6.92 Å². The molecular formula is C20H23N5O2. The first-order valence-corrected chi connectivity index (χ1v) is 8.69. The van der Waals surface area contributed by atoms with Gasteiger partial charge in [0.05, 0.1) is 5.69 Å². The van der Waals surface area contributed by atoms with E-state index in [-0.39, 0.29) is 6.61 Å². The molecule has 4 N–H and O–H groups in total. The van der Waals surface area contributed by atoms with Gasteiger partial charge in [0.25, 0.3) is 0 Å². The van der Waals surface area contributed by atoms with Gasteiger partial charge in [-0.1, -0.05) is 12.1 Å². The molecule has 0 radical (unpaired) electrons. The minimum atomic E-state index is -0.580. The highest BCUT2D eigenvalue weighted by molar-refractivity contribution is 5.71. The number of aliphatic hydroxyl groups excluding tert-OH is 1. The Labute approximate surface area is 158 Å². The molecule has 2 aromatic heterocycles. The number of pyridine rings is 1. The number of nitrogens with zero attached hydrogens (tertiary/aromatic N) is 3. The number of hydrogen-bond donors (Lipinski definition) is 3. The summed E-state index contributed by atoms with van der Waals surface area (Å²) in [5.74, 6) is 1.59. The van der Waals surface area contributed by atoms with E-state index >= 15 is 0 Å². The summed E-state index contributed by atoms with van der Waals surface area (Å²) < 4.78 is 5.67. The van der Waals surface area contributed by atoms with Crippen molar-refractivity contribution in [3.05, 3.63) is 54.4 Å². The lowest BCUT2D eigenvalue weighted by Gasteiger charge is -2.13. The first kappa shape index (κ1) is 18.8. The van der Waals surface area contributed by atoms with Gasteiger partial charge in [-0.05, 0) is 38.2 Å². The summed E-state index contributed by atoms with van der Waals surface area (Å²) in [6.45, 7) is 2.56. The van der Waals surface area contributed by atoms with E-state index < -0.39 is 6.10 Å². The molecule has 0 fully saturated rings. The molecule has 2 heterocycles. The number of hydrogen-bond acceptors (Lipinski definition) is 7. The zero-order chi connectivity index (χ0) is 19.2. The minimum Gasteiger partial charge on any atom is -0.491 e. The van der Waals surface area contributed by atoms with Crippen molar-refractivity contribution in [3.8, 4) is 28.4 Å². The molecule has 27 heavy (non-hydrogen) atoms. The monoisotopic (exact) mass is 365 g/mol. The molecule has 7 nitrogen and oxygen atoms in total. The van der Waals surface area contributed by atoms with E-state index in [0.29, 0.717) is 23.9 Å². The van der Waals surface area contributed by atoms with E-state index in [0.717, 1.165) is 22.4 Å². The van der Waals surface area contributed by atoms with Crippen LogP contribution in [0.3, 0.4) is 0 Å². The predicted molar refractivity (Wildman–Crippen MR) is 105 cm³/mol. The highest BCUT2D eigenvalue weighted by Crippen LogP contribution is 2.28. The molecule has 0 spiro atoms. The Hall–Kier alpha value is -3.03. The maximum atomic E-state index is 9.79. The number of nitrogens with two attached hydrogens (primary N) is 1. The SMILES string of the molecule is CNCC(O)COc1cccc(-c2nc(N)c(C)c(-c3ccncc3)n2)c1. The average molecular weight is 365 g/mol. The number of aromatic nitrogens is 3. The Morgan fingerprint density at radius 2 is 1.93 bits per heavy atom. The van der Waals surface area contributed by atoms with Crippen molar-refractivity contribution in [2.24, 2.45) is 0 Å². The minimum absolute atomic E-state index is 0.198. The van der Waals surface area contributed by atoms with Crippen LogP contribution in [-0.4, -0.2) is 46.4 Å². The average Bonchev–Trinajstić information content (AvgIpc) is 2.69. The lowest BCUT2D eigenvalue weighted by atomic mass is 10.1. The molecule has 0 bridgehead atoms. The number of anilines is 1. The van der Waals surface area contributed by atoms with Crippen molar-refractivity contribution in [2.45, 2.75) is 13.0 Å². The van der Waals surface area contributed by atoms with E-state index in [9.17, 15) is 5.11 Å². The van der Waals surface area contributed by atoms with Crippen LogP contribution >= 0.6 is 0 Å². The van der Waals surface area contributed by atoms with E-state index in [2.05, 4.69) is 15.3 Å². The number of rotatable bonds is 7. The first-order chi connectivity index (χ1) is 13.1. The fourth-order valence-corrected chi connectivity index (χ4v) is 2.67.